The molecule has 0 unspecified atom stereocenters. The van der Waals surface area contributed by atoms with Crippen LogP contribution in [0.5, 0.6) is 0 Å². The van der Waals surface area contributed by atoms with Crippen LogP contribution < -0.4 is 10.9 Å². The number of nitrogens with zero attached hydrogens (tertiary/aromatic N) is 4. The third kappa shape index (κ3) is 2.86. The van der Waals surface area contributed by atoms with Gasteiger partial charge in [0.2, 0.25) is 11.9 Å². The molecular weight excluding hydrogens is 320 g/mol. The average molecular weight is 338 g/mol. The van der Waals surface area contributed by atoms with E-state index in [0.29, 0.717) is 36.4 Å². The van der Waals surface area contributed by atoms with Crippen molar-refractivity contribution < 1.29 is 4.79 Å². The molecule has 1 atom stereocenters. The van der Waals surface area contributed by atoms with Gasteiger partial charge in [0.1, 0.15) is 5.39 Å². The quantitative estimate of drug-likeness (QED) is 0.747. The molecule has 8 nitrogen and oxygen atoms in total. The average Bonchev–Trinajstić information content (AvgIpc) is 3.03. The number of aromatic amines is 1. The topological polar surface area (TPSA) is 95.9 Å². The van der Waals surface area contributed by atoms with Crippen LogP contribution in [0.1, 0.15) is 12.8 Å². The number of amides is 1. The van der Waals surface area contributed by atoms with Gasteiger partial charge in [-0.1, -0.05) is 18.2 Å². The highest BCUT2D eigenvalue weighted by Gasteiger charge is 2.23. The zero-order valence-electron chi connectivity index (χ0n) is 13.8. The number of anilines is 1. The van der Waals surface area contributed by atoms with Crippen LogP contribution in [0.25, 0.3) is 16.7 Å². The second kappa shape index (κ2) is 6.04. The Hall–Kier alpha value is -3.16. The van der Waals surface area contributed by atoms with Crippen molar-refractivity contribution in [2.45, 2.75) is 18.9 Å². The Bertz CT molecular complexity index is 978. The number of benzene rings is 1. The number of rotatable bonds is 3. The van der Waals surface area contributed by atoms with E-state index in [1.165, 1.54) is 6.20 Å². The molecule has 1 aliphatic rings. The van der Waals surface area contributed by atoms with Gasteiger partial charge in [-0.15, -0.1) is 0 Å². The Kier molecular flexibility index (Phi) is 3.72. The number of hydrogen-bond acceptors (Lipinski definition) is 5. The number of carbonyl (C=O) groups excluding carboxylic acids is 1. The van der Waals surface area contributed by atoms with E-state index in [9.17, 15) is 9.59 Å². The van der Waals surface area contributed by atoms with Crippen molar-refractivity contribution in [2.75, 3.05) is 18.9 Å². The van der Waals surface area contributed by atoms with Crippen LogP contribution in [0.3, 0.4) is 0 Å². The van der Waals surface area contributed by atoms with Gasteiger partial charge < -0.3 is 10.2 Å². The highest BCUT2D eigenvalue weighted by Crippen LogP contribution is 2.17. The van der Waals surface area contributed by atoms with Gasteiger partial charge >= 0.3 is 0 Å². The summed E-state index contributed by atoms with van der Waals surface area (Å²) in [4.78, 5) is 32.9. The number of fused-ring (bicyclic) bond motifs is 1. The van der Waals surface area contributed by atoms with Crippen LogP contribution in [-0.2, 0) is 4.79 Å². The first-order valence-corrected chi connectivity index (χ1v) is 8.16. The largest absolute Gasteiger partial charge is 0.351 e. The third-order valence-corrected chi connectivity index (χ3v) is 4.41. The Morgan fingerprint density at radius 1 is 1.24 bits per heavy atom. The molecule has 2 aromatic heterocycles. The van der Waals surface area contributed by atoms with E-state index in [1.807, 2.05) is 30.3 Å². The molecule has 4 rings (SSSR count). The first-order valence-electron chi connectivity index (χ1n) is 8.16. The molecule has 0 aliphatic carbocycles. The fraction of sp³-hybridized carbons (Fsp3) is 0.294. The summed E-state index contributed by atoms with van der Waals surface area (Å²) in [6.45, 7) is 0.582. The SMILES string of the molecule is CN1C[C@@H](Nc2nc3c(cnn3-c3ccccc3)c(=O)[nH]2)CCC1=O. The van der Waals surface area contributed by atoms with Gasteiger partial charge in [-0.05, 0) is 18.6 Å². The minimum Gasteiger partial charge on any atom is -0.351 e. The molecule has 1 aliphatic heterocycles. The smallest absolute Gasteiger partial charge is 0.263 e. The normalized spacial score (nSPS) is 17.9. The van der Waals surface area contributed by atoms with Gasteiger partial charge in [0.05, 0.1) is 11.9 Å². The third-order valence-electron chi connectivity index (χ3n) is 4.41. The minimum absolute atomic E-state index is 0.0522. The molecule has 1 amide bonds. The summed E-state index contributed by atoms with van der Waals surface area (Å²) in [6, 6.07) is 9.60. The van der Waals surface area contributed by atoms with Crippen LogP contribution in [-0.4, -0.2) is 50.2 Å². The maximum Gasteiger partial charge on any atom is 0.263 e. The van der Waals surface area contributed by atoms with Crippen LogP contribution in [0, 0.1) is 0 Å². The summed E-state index contributed by atoms with van der Waals surface area (Å²) in [6.07, 6.45) is 2.72. The number of hydrogen-bond donors (Lipinski definition) is 2. The van der Waals surface area contributed by atoms with E-state index >= 15 is 0 Å². The number of likely N-dealkylation sites (tertiary alicyclic amines) is 1. The van der Waals surface area contributed by atoms with Gasteiger partial charge in [0, 0.05) is 26.1 Å². The number of likely N-dealkylation sites (N-methyl/N-ethyl adjacent to an activating group) is 1. The zero-order chi connectivity index (χ0) is 17.4. The molecule has 8 heteroatoms. The summed E-state index contributed by atoms with van der Waals surface area (Å²) in [5.74, 6) is 0.528. The van der Waals surface area contributed by atoms with Crippen molar-refractivity contribution in [3.63, 3.8) is 0 Å². The first-order chi connectivity index (χ1) is 12.1. The van der Waals surface area contributed by atoms with E-state index in [4.69, 9.17) is 0 Å². The maximum absolute atomic E-state index is 12.3. The molecule has 3 heterocycles. The van der Waals surface area contributed by atoms with Crippen molar-refractivity contribution >= 4 is 22.9 Å². The zero-order valence-corrected chi connectivity index (χ0v) is 13.8. The summed E-state index contributed by atoms with van der Waals surface area (Å²) < 4.78 is 1.65. The van der Waals surface area contributed by atoms with Crippen LogP contribution in [0.4, 0.5) is 5.95 Å². The van der Waals surface area contributed by atoms with Crippen LogP contribution in [0.2, 0.25) is 0 Å². The van der Waals surface area contributed by atoms with Crippen molar-refractivity contribution in [1.82, 2.24) is 24.6 Å². The molecule has 1 aromatic carbocycles. The highest BCUT2D eigenvalue weighted by molar-refractivity contribution is 5.77. The molecule has 128 valence electrons. The fourth-order valence-corrected chi connectivity index (χ4v) is 3.07. The Morgan fingerprint density at radius 3 is 2.80 bits per heavy atom. The molecule has 0 spiro atoms. The van der Waals surface area contributed by atoms with Crippen molar-refractivity contribution in [3.05, 3.63) is 46.9 Å². The molecule has 1 fully saturated rings. The van der Waals surface area contributed by atoms with Gasteiger partial charge in [-0.25, -0.2) is 4.68 Å². The monoisotopic (exact) mass is 338 g/mol. The molecule has 3 aromatic rings. The predicted molar refractivity (Wildman–Crippen MR) is 93.8 cm³/mol. The summed E-state index contributed by atoms with van der Waals surface area (Å²) in [7, 11) is 1.78. The highest BCUT2D eigenvalue weighted by atomic mass is 16.2. The molecule has 0 radical (unpaired) electrons. The molecule has 25 heavy (non-hydrogen) atoms. The number of H-pyrrole nitrogens is 1. The Morgan fingerprint density at radius 2 is 2.04 bits per heavy atom. The van der Waals surface area contributed by atoms with E-state index in [0.717, 1.165) is 5.69 Å². The lowest BCUT2D eigenvalue weighted by atomic mass is 10.1. The number of aromatic nitrogens is 4. The van der Waals surface area contributed by atoms with E-state index in [1.54, 1.807) is 16.6 Å². The molecule has 0 bridgehead atoms. The fourth-order valence-electron chi connectivity index (χ4n) is 3.07. The van der Waals surface area contributed by atoms with Crippen LogP contribution in [0.15, 0.2) is 41.3 Å². The summed E-state index contributed by atoms with van der Waals surface area (Å²) >= 11 is 0. The van der Waals surface area contributed by atoms with Gasteiger partial charge in [0.25, 0.3) is 5.56 Å². The Labute approximate surface area is 143 Å². The van der Waals surface area contributed by atoms with Gasteiger partial charge in [0.15, 0.2) is 5.65 Å². The molecule has 1 saturated heterocycles. The second-order valence-electron chi connectivity index (χ2n) is 6.20. The molecular formula is C17H18N6O2. The predicted octanol–water partition coefficient (Wildman–Crippen LogP) is 1.14. The standard InChI is InChI=1S/C17H18N6O2/c1-22-10-11(7-8-14(22)24)19-17-20-15-13(16(25)21-17)9-18-23(15)12-5-3-2-4-6-12/h2-6,9,11H,7-8,10H2,1H3,(H2,19,20,21,25)/t11-/m0/s1. The van der Waals surface area contributed by atoms with Crippen LogP contribution >= 0.6 is 0 Å². The second-order valence-corrected chi connectivity index (χ2v) is 6.20. The number of carbonyl (C=O) groups is 1. The van der Waals surface area contributed by atoms with E-state index in [-0.39, 0.29) is 17.5 Å². The lowest BCUT2D eigenvalue weighted by Crippen LogP contribution is -2.43. The summed E-state index contributed by atoms with van der Waals surface area (Å²) in [5, 5.41) is 7.96. The number of para-hydroxylation sites is 1. The van der Waals surface area contributed by atoms with Crippen molar-refractivity contribution in [3.8, 4) is 5.69 Å². The molecule has 2 N–H and O–H groups in total. The van der Waals surface area contributed by atoms with Crippen molar-refractivity contribution in [2.24, 2.45) is 0 Å². The van der Waals surface area contributed by atoms with E-state index < -0.39 is 0 Å². The number of nitrogens with one attached hydrogen (secondary N) is 2. The first kappa shape index (κ1) is 15.4. The van der Waals surface area contributed by atoms with Gasteiger partial charge in [-0.3, -0.25) is 14.6 Å². The maximum atomic E-state index is 12.3. The lowest BCUT2D eigenvalue weighted by Gasteiger charge is -2.30. The molecule has 0 saturated carbocycles. The van der Waals surface area contributed by atoms with Gasteiger partial charge in [-0.2, -0.15) is 10.1 Å². The van der Waals surface area contributed by atoms with Crippen molar-refractivity contribution in [1.29, 1.82) is 0 Å². The summed E-state index contributed by atoms with van der Waals surface area (Å²) in [5.41, 5.74) is 1.09. The lowest BCUT2D eigenvalue weighted by molar-refractivity contribution is -0.132. The minimum atomic E-state index is -0.241. The number of piperidine rings is 1. The Balaban J connectivity index is 1.69. The van der Waals surface area contributed by atoms with E-state index in [2.05, 4.69) is 20.4 Å².